The van der Waals surface area contributed by atoms with E-state index < -0.39 is 0 Å². The number of aliphatic hydroxyl groups excluding tert-OH is 1. The highest BCUT2D eigenvalue weighted by atomic mass is 16.3. The molecule has 0 aliphatic carbocycles. The summed E-state index contributed by atoms with van der Waals surface area (Å²) in [7, 11) is 1.93. The van der Waals surface area contributed by atoms with E-state index >= 15 is 0 Å². The smallest absolute Gasteiger partial charge is 0.0610 e. The van der Waals surface area contributed by atoms with Gasteiger partial charge in [0.15, 0.2) is 0 Å². The van der Waals surface area contributed by atoms with E-state index in [2.05, 4.69) is 35.9 Å². The van der Waals surface area contributed by atoms with Crippen LogP contribution in [-0.4, -0.2) is 72.9 Å². The van der Waals surface area contributed by atoms with Crippen molar-refractivity contribution in [3.63, 3.8) is 0 Å². The van der Waals surface area contributed by atoms with Crippen LogP contribution in [0.1, 0.15) is 46.5 Å². The molecule has 1 fully saturated rings. The fraction of sp³-hybridized carbons (Fsp3) is 1.00. The summed E-state index contributed by atoms with van der Waals surface area (Å²) in [5.41, 5.74) is -0.102. The molecule has 0 aromatic heterocycles. The lowest BCUT2D eigenvalue weighted by Gasteiger charge is -2.38. The van der Waals surface area contributed by atoms with Gasteiger partial charge in [0, 0.05) is 37.8 Å². The van der Waals surface area contributed by atoms with Gasteiger partial charge in [-0.1, -0.05) is 13.3 Å². The molecule has 0 saturated carbocycles. The lowest BCUT2D eigenvalue weighted by atomic mass is 9.96. The minimum Gasteiger partial charge on any atom is -0.394 e. The van der Waals surface area contributed by atoms with Crippen LogP contribution in [0.15, 0.2) is 0 Å². The molecule has 4 heteroatoms. The summed E-state index contributed by atoms with van der Waals surface area (Å²) in [6.07, 6.45) is 4.72. The Morgan fingerprint density at radius 1 is 1.20 bits per heavy atom. The van der Waals surface area contributed by atoms with Gasteiger partial charge >= 0.3 is 0 Å². The fourth-order valence-electron chi connectivity index (χ4n) is 2.82. The molecule has 0 amide bonds. The second kappa shape index (κ2) is 8.98. The SMILES string of the molecule is CCC(C)N1CCN(CCCCC(C)(CO)NC)CC1. The molecule has 2 N–H and O–H groups in total. The van der Waals surface area contributed by atoms with Crippen LogP contribution in [0.3, 0.4) is 0 Å². The molecule has 1 heterocycles. The largest absolute Gasteiger partial charge is 0.394 e. The van der Waals surface area contributed by atoms with Crippen molar-refractivity contribution in [2.24, 2.45) is 0 Å². The van der Waals surface area contributed by atoms with Crippen molar-refractivity contribution in [2.45, 2.75) is 58.0 Å². The van der Waals surface area contributed by atoms with Crippen LogP contribution in [0.25, 0.3) is 0 Å². The Balaban J connectivity index is 2.13. The van der Waals surface area contributed by atoms with Gasteiger partial charge in [-0.2, -0.15) is 0 Å². The van der Waals surface area contributed by atoms with E-state index in [9.17, 15) is 5.11 Å². The van der Waals surface area contributed by atoms with Gasteiger partial charge in [-0.05, 0) is 46.7 Å². The van der Waals surface area contributed by atoms with E-state index in [0.717, 1.165) is 12.5 Å². The van der Waals surface area contributed by atoms with Gasteiger partial charge in [-0.15, -0.1) is 0 Å². The van der Waals surface area contributed by atoms with Crippen molar-refractivity contribution in [3.8, 4) is 0 Å². The van der Waals surface area contributed by atoms with E-state index in [4.69, 9.17) is 0 Å². The lowest BCUT2D eigenvalue weighted by molar-refractivity contribution is 0.0982. The third-order valence-electron chi connectivity index (χ3n) is 5.03. The molecule has 120 valence electrons. The average Bonchev–Trinajstić information content (AvgIpc) is 2.51. The number of aliphatic hydroxyl groups is 1. The van der Waals surface area contributed by atoms with Crippen molar-refractivity contribution >= 4 is 0 Å². The highest BCUT2D eigenvalue weighted by Crippen LogP contribution is 2.14. The third kappa shape index (κ3) is 5.68. The molecule has 0 spiro atoms. The maximum atomic E-state index is 9.36. The zero-order valence-corrected chi connectivity index (χ0v) is 14.0. The second-order valence-corrected chi connectivity index (χ2v) is 6.56. The number of likely N-dealkylation sites (N-methyl/N-ethyl adjacent to an activating group) is 1. The van der Waals surface area contributed by atoms with Crippen molar-refractivity contribution in [1.29, 1.82) is 0 Å². The zero-order chi connectivity index (χ0) is 15.0. The van der Waals surface area contributed by atoms with Gasteiger partial charge in [0.1, 0.15) is 0 Å². The fourth-order valence-corrected chi connectivity index (χ4v) is 2.82. The second-order valence-electron chi connectivity index (χ2n) is 6.56. The number of hydrogen-bond donors (Lipinski definition) is 2. The lowest BCUT2D eigenvalue weighted by Crippen LogP contribution is -2.49. The topological polar surface area (TPSA) is 38.7 Å². The summed E-state index contributed by atoms with van der Waals surface area (Å²) in [5.74, 6) is 0. The van der Waals surface area contributed by atoms with E-state index in [1.54, 1.807) is 0 Å². The highest BCUT2D eigenvalue weighted by Gasteiger charge is 2.21. The minimum atomic E-state index is -0.102. The third-order valence-corrected chi connectivity index (χ3v) is 5.03. The van der Waals surface area contributed by atoms with Gasteiger partial charge in [-0.25, -0.2) is 0 Å². The maximum absolute atomic E-state index is 9.36. The van der Waals surface area contributed by atoms with E-state index in [-0.39, 0.29) is 12.1 Å². The van der Waals surface area contributed by atoms with E-state index in [0.29, 0.717) is 0 Å². The summed E-state index contributed by atoms with van der Waals surface area (Å²) in [5, 5.41) is 12.6. The first kappa shape index (κ1) is 17.9. The monoisotopic (exact) mass is 285 g/mol. The number of hydrogen-bond acceptors (Lipinski definition) is 4. The Kier molecular flexibility index (Phi) is 8.03. The van der Waals surface area contributed by atoms with Crippen LogP contribution in [-0.2, 0) is 0 Å². The quantitative estimate of drug-likeness (QED) is 0.630. The molecule has 1 aliphatic rings. The summed E-state index contributed by atoms with van der Waals surface area (Å²) in [6, 6.07) is 0.734. The Labute approximate surface area is 125 Å². The molecular formula is C16H35N3O. The minimum absolute atomic E-state index is 0.102. The van der Waals surface area contributed by atoms with Gasteiger partial charge < -0.3 is 15.3 Å². The normalized spacial score (nSPS) is 22.6. The van der Waals surface area contributed by atoms with Crippen LogP contribution in [0.5, 0.6) is 0 Å². The number of rotatable bonds is 9. The summed E-state index contributed by atoms with van der Waals surface area (Å²) in [4.78, 5) is 5.20. The molecule has 20 heavy (non-hydrogen) atoms. The molecule has 0 radical (unpaired) electrons. The number of nitrogens with one attached hydrogen (secondary N) is 1. The van der Waals surface area contributed by atoms with Crippen LogP contribution >= 0.6 is 0 Å². The van der Waals surface area contributed by atoms with Crippen molar-refractivity contribution in [2.75, 3.05) is 46.4 Å². The first-order valence-corrected chi connectivity index (χ1v) is 8.31. The van der Waals surface area contributed by atoms with Gasteiger partial charge in [0.2, 0.25) is 0 Å². The summed E-state index contributed by atoms with van der Waals surface area (Å²) >= 11 is 0. The molecule has 2 atom stereocenters. The standard InChI is InChI=1S/C16H35N3O/c1-5-15(2)19-12-10-18(11-13-19)9-7-6-8-16(3,14-20)17-4/h15,17,20H,5-14H2,1-4H3. The molecule has 1 rings (SSSR count). The molecule has 1 aliphatic heterocycles. The summed E-state index contributed by atoms with van der Waals surface area (Å²) < 4.78 is 0. The summed E-state index contributed by atoms with van der Waals surface area (Å²) in [6.45, 7) is 13.0. The molecule has 0 bridgehead atoms. The molecular weight excluding hydrogens is 250 g/mol. The van der Waals surface area contributed by atoms with Crippen LogP contribution < -0.4 is 5.32 Å². The maximum Gasteiger partial charge on any atom is 0.0610 e. The van der Waals surface area contributed by atoms with E-state index in [1.807, 2.05) is 7.05 Å². The molecule has 0 aromatic rings. The number of unbranched alkanes of at least 4 members (excludes halogenated alkanes) is 1. The van der Waals surface area contributed by atoms with E-state index in [1.165, 1.54) is 52.0 Å². The van der Waals surface area contributed by atoms with Gasteiger partial charge in [0.05, 0.1) is 6.61 Å². The first-order valence-electron chi connectivity index (χ1n) is 8.31. The Morgan fingerprint density at radius 3 is 2.35 bits per heavy atom. The van der Waals surface area contributed by atoms with Crippen molar-refractivity contribution in [3.05, 3.63) is 0 Å². The zero-order valence-electron chi connectivity index (χ0n) is 14.0. The average molecular weight is 285 g/mol. The van der Waals surface area contributed by atoms with Crippen molar-refractivity contribution < 1.29 is 5.11 Å². The number of nitrogens with zero attached hydrogens (tertiary/aromatic N) is 2. The van der Waals surface area contributed by atoms with Crippen LogP contribution in [0, 0.1) is 0 Å². The predicted octanol–water partition coefficient (Wildman–Crippen LogP) is 1.54. The van der Waals surface area contributed by atoms with Crippen molar-refractivity contribution in [1.82, 2.24) is 15.1 Å². The van der Waals surface area contributed by atoms with Crippen LogP contribution in [0.4, 0.5) is 0 Å². The predicted molar refractivity (Wildman–Crippen MR) is 86.2 cm³/mol. The molecule has 0 aromatic carbocycles. The van der Waals surface area contributed by atoms with Gasteiger partial charge in [0.25, 0.3) is 0 Å². The molecule has 1 saturated heterocycles. The Bertz CT molecular complexity index is 248. The molecule has 4 nitrogen and oxygen atoms in total. The first-order chi connectivity index (χ1) is 9.54. The molecule has 2 unspecified atom stereocenters. The number of piperazine rings is 1. The van der Waals surface area contributed by atoms with Gasteiger partial charge in [-0.3, -0.25) is 4.90 Å². The Hall–Kier alpha value is -0.160. The Morgan fingerprint density at radius 2 is 1.85 bits per heavy atom. The highest BCUT2D eigenvalue weighted by molar-refractivity contribution is 4.81. The van der Waals surface area contributed by atoms with Crippen LogP contribution in [0.2, 0.25) is 0 Å².